The van der Waals surface area contributed by atoms with Gasteiger partial charge in [0.05, 0.1) is 0 Å². The lowest BCUT2D eigenvalue weighted by molar-refractivity contribution is -0.133. The van der Waals surface area contributed by atoms with Crippen molar-refractivity contribution in [2.75, 3.05) is 13.1 Å². The summed E-state index contributed by atoms with van der Waals surface area (Å²) in [5, 5.41) is 0. The van der Waals surface area contributed by atoms with Crippen LogP contribution in [0.25, 0.3) is 0 Å². The average molecular weight is 263 g/mol. The second-order valence-corrected chi connectivity index (χ2v) is 5.34. The first kappa shape index (κ1) is 13.8. The van der Waals surface area contributed by atoms with Crippen molar-refractivity contribution in [3.63, 3.8) is 0 Å². The number of aromatic nitrogens is 2. The highest BCUT2D eigenvalue weighted by Crippen LogP contribution is 2.17. The lowest BCUT2D eigenvalue weighted by Gasteiger charge is -2.32. The monoisotopic (exact) mass is 263 g/mol. The fourth-order valence-corrected chi connectivity index (χ4v) is 2.22. The molecule has 0 unspecified atom stereocenters. The predicted octanol–water partition coefficient (Wildman–Crippen LogP) is 1.89. The molecule has 1 fully saturated rings. The van der Waals surface area contributed by atoms with Gasteiger partial charge < -0.3 is 9.64 Å². The maximum atomic E-state index is 11.9. The van der Waals surface area contributed by atoms with Crippen molar-refractivity contribution < 1.29 is 9.53 Å². The Morgan fingerprint density at radius 3 is 2.79 bits per heavy atom. The summed E-state index contributed by atoms with van der Waals surface area (Å²) in [6.45, 7) is 5.70. The first-order valence-corrected chi connectivity index (χ1v) is 6.85. The highest BCUT2D eigenvalue weighted by molar-refractivity contribution is 5.76. The van der Waals surface area contributed by atoms with Gasteiger partial charge >= 0.3 is 0 Å². The molecule has 0 aromatic carbocycles. The Balaban J connectivity index is 1.78. The number of carbonyl (C=O) groups excluding carboxylic acids is 1. The third-order valence-corrected chi connectivity index (χ3v) is 3.22. The maximum Gasteiger partial charge on any atom is 0.222 e. The summed E-state index contributed by atoms with van der Waals surface area (Å²) in [7, 11) is 0. The fourth-order valence-electron chi connectivity index (χ4n) is 2.22. The van der Waals surface area contributed by atoms with Gasteiger partial charge in [-0.05, 0) is 5.92 Å². The van der Waals surface area contributed by atoms with Crippen molar-refractivity contribution in [1.82, 2.24) is 14.9 Å². The molecule has 1 aromatic heterocycles. The molecule has 19 heavy (non-hydrogen) atoms. The maximum absolute atomic E-state index is 11.9. The van der Waals surface area contributed by atoms with Crippen LogP contribution in [0.15, 0.2) is 18.6 Å². The standard InChI is InChI=1S/C14H21N3O2/c1-11(2)9-14(18)17-7-4-12(5-8-17)19-13-3-6-15-10-16-13/h3,6,10-12H,4-5,7-9H2,1-2H3. The largest absolute Gasteiger partial charge is 0.474 e. The summed E-state index contributed by atoms with van der Waals surface area (Å²) >= 11 is 0. The molecule has 1 saturated heterocycles. The summed E-state index contributed by atoms with van der Waals surface area (Å²) in [4.78, 5) is 21.8. The highest BCUT2D eigenvalue weighted by Gasteiger charge is 2.24. The summed E-state index contributed by atoms with van der Waals surface area (Å²) < 4.78 is 5.78. The van der Waals surface area contributed by atoms with Gasteiger partial charge in [-0.1, -0.05) is 13.8 Å². The molecule has 104 valence electrons. The predicted molar refractivity (Wildman–Crippen MR) is 71.7 cm³/mol. The molecule has 0 bridgehead atoms. The van der Waals surface area contributed by atoms with E-state index in [1.165, 1.54) is 6.33 Å². The fraction of sp³-hybridized carbons (Fsp3) is 0.643. The van der Waals surface area contributed by atoms with E-state index < -0.39 is 0 Å². The Bertz CT molecular complexity index is 400. The zero-order valence-corrected chi connectivity index (χ0v) is 11.6. The Labute approximate surface area is 114 Å². The van der Waals surface area contributed by atoms with Crippen LogP contribution in [-0.2, 0) is 4.79 Å². The highest BCUT2D eigenvalue weighted by atomic mass is 16.5. The van der Waals surface area contributed by atoms with Crippen molar-refractivity contribution in [3.05, 3.63) is 18.6 Å². The van der Waals surface area contributed by atoms with Gasteiger partial charge in [-0.25, -0.2) is 9.97 Å². The minimum Gasteiger partial charge on any atom is -0.474 e. The molecule has 5 heteroatoms. The van der Waals surface area contributed by atoms with E-state index in [1.54, 1.807) is 12.3 Å². The van der Waals surface area contributed by atoms with Crippen LogP contribution in [0.5, 0.6) is 5.88 Å². The van der Waals surface area contributed by atoms with Crippen LogP contribution in [0.2, 0.25) is 0 Å². The van der Waals surface area contributed by atoms with Crippen molar-refractivity contribution >= 4 is 5.91 Å². The van der Waals surface area contributed by atoms with E-state index in [9.17, 15) is 4.79 Å². The molecule has 0 saturated carbocycles. The van der Waals surface area contributed by atoms with Crippen molar-refractivity contribution in [2.45, 2.75) is 39.2 Å². The second-order valence-electron chi connectivity index (χ2n) is 5.34. The molecule has 1 aliphatic heterocycles. The average Bonchev–Trinajstić information content (AvgIpc) is 2.40. The molecule has 0 radical (unpaired) electrons. The Hall–Kier alpha value is -1.65. The van der Waals surface area contributed by atoms with Gasteiger partial charge in [-0.3, -0.25) is 4.79 Å². The second kappa shape index (κ2) is 6.50. The van der Waals surface area contributed by atoms with Crippen LogP contribution in [0.4, 0.5) is 0 Å². The van der Waals surface area contributed by atoms with Gasteiger partial charge in [0.2, 0.25) is 11.8 Å². The number of hydrogen-bond acceptors (Lipinski definition) is 4. The van der Waals surface area contributed by atoms with Crippen LogP contribution < -0.4 is 4.74 Å². The van der Waals surface area contributed by atoms with E-state index in [2.05, 4.69) is 23.8 Å². The van der Waals surface area contributed by atoms with E-state index in [4.69, 9.17) is 4.74 Å². The smallest absolute Gasteiger partial charge is 0.222 e. The number of likely N-dealkylation sites (tertiary alicyclic amines) is 1. The minimum atomic E-state index is 0.151. The Kier molecular flexibility index (Phi) is 4.71. The molecular weight excluding hydrogens is 242 g/mol. The first-order chi connectivity index (χ1) is 9.15. The van der Waals surface area contributed by atoms with Gasteiger partial charge in [0.25, 0.3) is 0 Å². The zero-order valence-electron chi connectivity index (χ0n) is 11.6. The van der Waals surface area contributed by atoms with E-state index in [0.29, 0.717) is 18.2 Å². The molecule has 1 amide bonds. The van der Waals surface area contributed by atoms with Gasteiger partial charge in [0, 0.05) is 44.6 Å². The van der Waals surface area contributed by atoms with E-state index >= 15 is 0 Å². The number of amides is 1. The molecule has 2 rings (SSSR count). The topological polar surface area (TPSA) is 55.3 Å². The van der Waals surface area contributed by atoms with Crippen LogP contribution in [-0.4, -0.2) is 40.0 Å². The molecular formula is C14H21N3O2. The van der Waals surface area contributed by atoms with Gasteiger partial charge in [0.1, 0.15) is 12.4 Å². The molecule has 0 N–H and O–H groups in total. The van der Waals surface area contributed by atoms with Gasteiger partial charge in [-0.2, -0.15) is 0 Å². The molecule has 0 aliphatic carbocycles. The molecule has 2 heterocycles. The van der Waals surface area contributed by atoms with E-state index in [-0.39, 0.29) is 12.0 Å². The number of ether oxygens (including phenoxy) is 1. The summed E-state index contributed by atoms with van der Waals surface area (Å²) in [6.07, 6.45) is 5.68. The summed E-state index contributed by atoms with van der Waals surface area (Å²) in [6, 6.07) is 1.76. The lowest BCUT2D eigenvalue weighted by atomic mass is 10.1. The quantitative estimate of drug-likeness (QED) is 0.832. The Morgan fingerprint density at radius 1 is 1.47 bits per heavy atom. The number of hydrogen-bond donors (Lipinski definition) is 0. The zero-order chi connectivity index (χ0) is 13.7. The summed E-state index contributed by atoms with van der Waals surface area (Å²) in [5.74, 6) is 1.29. The van der Waals surface area contributed by atoms with Crippen LogP contribution in [0.3, 0.4) is 0 Å². The molecule has 5 nitrogen and oxygen atoms in total. The lowest BCUT2D eigenvalue weighted by Crippen LogP contribution is -2.42. The van der Waals surface area contributed by atoms with Crippen LogP contribution >= 0.6 is 0 Å². The normalized spacial score (nSPS) is 16.7. The van der Waals surface area contributed by atoms with E-state index in [1.807, 2.05) is 4.90 Å². The number of nitrogens with zero attached hydrogens (tertiary/aromatic N) is 3. The van der Waals surface area contributed by atoms with Crippen molar-refractivity contribution in [1.29, 1.82) is 0 Å². The van der Waals surface area contributed by atoms with Crippen molar-refractivity contribution in [2.24, 2.45) is 5.92 Å². The third-order valence-electron chi connectivity index (χ3n) is 3.22. The van der Waals surface area contributed by atoms with Crippen LogP contribution in [0, 0.1) is 5.92 Å². The molecule has 1 aromatic rings. The third kappa shape index (κ3) is 4.19. The molecule has 1 aliphatic rings. The first-order valence-electron chi connectivity index (χ1n) is 6.85. The van der Waals surface area contributed by atoms with Crippen molar-refractivity contribution in [3.8, 4) is 5.88 Å². The number of rotatable bonds is 4. The Morgan fingerprint density at radius 2 is 2.21 bits per heavy atom. The molecule has 0 spiro atoms. The number of carbonyl (C=O) groups is 1. The minimum absolute atomic E-state index is 0.151. The number of piperidine rings is 1. The summed E-state index contributed by atoms with van der Waals surface area (Å²) in [5.41, 5.74) is 0. The van der Waals surface area contributed by atoms with Crippen LogP contribution in [0.1, 0.15) is 33.1 Å². The van der Waals surface area contributed by atoms with Gasteiger partial charge in [-0.15, -0.1) is 0 Å². The molecule has 0 atom stereocenters. The SMILES string of the molecule is CC(C)CC(=O)N1CCC(Oc2ccncn2)CC1. The van der Waals surface area contributed by atoms with E-state index in [0.717, 1.165) is 25.9 Å². The van der Waals surface area contributed by atoms with Gasteiger partial charge in [0.15, 0.2) is 0 Å².